The first-order chi connectivity index (χ1) is 8.31. The summed E-state index contributed by atoms with van der Waals surface area (Å²) in [5.74, 6) is -0.0399. The third-order valence-electron chi connectivity index (χ3n) is 2.69. The Bertz CT molecular complexity index is 462. The van der Waals surface area contributed by atoms with Crippen molar-refractivity contribution in [2.24, 2.45) is 0 Å². The van der Waals surface area contributed by atoms with Crippen LogP contribution in [0.1, 0.15) is 21.8 Å². The van der Waals surface area contributed by atoms with Crippen LogP contribution < -0.4 is 0 Å². The van der Waals surface area contributed by atoms with Gasteiger partial charge in [-0.05, 0) is 17.7 Å². The fourth-order valence-electron chi connectivity index (χ4n) is 1.74. The van der Waals surface area contributed by atoms with Crippen LogP contribution in [0.5, 0.6) is 0 Å². The Kier molecular flexibility index (Phi) is 3.55. The van der Waals surface area contributed by atoms with Crippen LogP contribution in [0.4, 0.5) is 0 Å². The van der Waals surface area contributed by atoms with E-state index in [1.54, 1.807) is 12.1 Å². The van der Waals surface area contributed by atoms with Gasteiger partial charge in [0.2, 0.25) is 0 Å². The fraction of sp³-hybridized carbons (Fsp3) is 0.133. The van der Waals surface area contributed by atoms with Gasteiger partial charge < -0.3 is 4.74 Å². The number of benzene rings is 1. The molecule has 0 aromatic heterocycles. The van der Waals surface area contributed by atoms with Crippen molar-refractivity contribution < 1.29 is 9.53 Å². The number of hydrogen-bond acceptors (Lipinski definition) is 2. The van der Waals surface area contributed by atoms with Gasteiger partial charge in [-0.15, -0.1) is 0 Å². The van der Waals surface area contributed by atoms with Crippen LogP contribution in [0.2, 0.25) is 0 Å². The average molecular weight is 226 g/mol. The quantitative estimate of drug-likeness (QED) is 0.724. The molecule has 86 valence electrons. The molecule has 17 heavy (non-hydrogen) atoms. The van der Waals surface area contributed by atoms with E-state index in [4.69, 9.17) is 0 Å². The smallest absolute Gasteiger partial charge is 0.337 e. The minimum absolute atomic E-state index is 0.261. The summed E-state index contributed by atoms with van der Waals surface area (Å²) in [6.07, 6.45) is 12.3. The topological polar surface area (TPSA) is 26.3 Å². The SMILES string of the molecule is COC(=O)c1ccc(C2C=CC=CC=C2)cc1. The van der Waals surface area contributed by atoms with Crippen molar-refractivity contribution in [3.63, 3.8) is 0 Å². The Morgan fingerprint density at radius 3 is 2.12 bits per heavy atom. The molecule has 0 unspecified atom stereocenters. The van der Waals surface area contributed by atoms with Gasteiger partial charge in [0.05, 0.1) is 12.7 Å². The van der Waals surface area contributed by atoms with Gasteiger partial charge in [0, 0.05) is 5.92 Å². The van der Waals surface area contributed by atoms with Crippen LogP contribution in [-0.4, -0.2) is 13.1 Å². The van der Waals surface area contributed by atoms with Gasteiger partial charge in [-0.1, -0.05) is 48.6 Å². The third kappa shape index (κ3) is 2.72. The molecule has 1 aliphatic rings. The number of allylic oxidation sites excluding steroid dienone is 6. The maximum atomic E-state index is 11.3. The molecule has 1 aromatic rings. The lowest BCUT2D eigenvalue weighted by Gasteiger charge is -2.08. The van der Waals surface area contributed by atoms with Crippen LogP contribution in [-0.2, 0) is 4.74 Å². The second-order valence-electron chi connectivity index (χ2n) is 3.79. The zero-order chi connectivity index (χ0) is 12.1. The molecule has 0 atom stereocenters. The van der Waals surface area contributed by atoms with Gasteiger partial charge in [-0.3, -0.25) is 0 Å². The average Bonchev–Trinajstić information content (AvgIpc) is 2.67. The zero-order valence-corrected chi connectivity index (χ0v) is 9.67. The van der Waals surface area contributed by atoms with Crippen molar-refractivity contribution in [3.8, 4) is 0 Å². The van der Waals surface area contributed by atoms with Crippen molar-refractivity contribution in [2.75, 3.05) is 7.11 Å². The summed E-state index contributed by atoms with van der Waals surface area (Å²) in [6, 6.07) is 7.50. The molecule has 2 heteroatoms. The number of carbonyl (C=O) groups excluding carboxylic acids is 1. The number of carbonyl (C=O) groups is 1. The maximum Gasteiger partial charge on any atom is 0.337 e. The normalized spacial score (nSPS) is 14.6. The Balaban J connectivity index is 2.20. The molecule has 0 bridgehead atoms. The standard InChI is InChI=1S/C15H14O2/c1-17-15(16)14-10-8-13(9-11-14)12-6-4-2-3-5-7-12/h2-12H,1H3. The molecule has 0 spiro atoms. The highest BCUT2D eigenvalue weighted by Crippen LogP contribution is 2.21. The van der Waals surface area contributed by atoms with Gasteiger partial charge in [-0.25, -0.2) is 4.79 Å². The van der Waals surface area contributed by atoms with E-state index in [0.717, 1.165) is 5.56 Å². The predicted octanol–water partition coefficient (Wildman–Crippen LogP) is 3.24. The van der Waals surface area contributed by atoms with E-state index in [0.29, 0.717) is 5.56 Å². The van der Waals surface area contributed by atoms with Gasteiger partial charge in [-0.2, -0.15) is 0 Å². The third-order valence-corrected chi connectivity index (χ3v) is 2.69. The lowest BCUT2D eigenvalue weighted by molar-refractivity contribution is 0.0600. The Morgan fingerprint density at radius 2 is 1.59 bits per heavy atom. The van der Waals surface area contributed by atoms with Crippen molar-refractivity contribution in [1.82, 2.24) is 0 Å². The summed E-state index contributed by atoms with van der Waals surface area (Å²) in [4.78, 5) is 11.3. The molecule has 1 aromatic carbocycles. The van der Waals surface area contributed by atoms with Crippen LogP contribution in [0.25, 0.3) is 0 Å². The predicted molar refractivity (Wildman–Crippen MR) is 67.9 cm³/mol. The molecular weight excluding hydrogens is 212 g/mol. The van der Waals surface area contributed by atoms with Crippen molar-refractivity contribution in [2.45, 2.75) is 5.92 Å². The minimum atomic E-state index is -0.301. The molecule has 0 fully saturated rings. The van der Waals surface area contributed by atoms with E-state index in [1.165, 1.54) is 7.11 Å². The molecular formula is C15H14O2. The van der Waals surface area contributed by atoms with Crippen molar-refractivity contribution >= 4 is 5.97 Å². The summed E-state index contributed by atoms with van der Waals surface area (Å²) in [6.45, 7) is 0. The molecule has 0 heterocycles. The van der Waals surface area contributed by atoms with E-state index in [1.807, 2.05) is 36.4 Å². The lowest BCUT2D eigenvalue weighted by atomic mass is 9.97. The molecule has 0 amide bonds. The van der Waals surface area contributed by atoms with Crippen LogP contribution in [0.3, 0.4) is 0 Å². The molecule has 1 aliphatic carbocycles. The second-order valence-corrected chi connectivity index (χ2v) is 3.79. The lowest BCUT2D eigenvalue weighted by Crippen LogP contribution is -2.01. The first-order valence-corrected chi connectivity index (χ1v) is 5.51. The highest BCUT2D eigenvalue weighted by atomic mass is 16.5. The molecule has 0 N–H and O–H groups in total. The Hall–Kier alpha value is -2.09. The van der Waals surface area contributed by atoms with E-state index in [9.17, 15) is 4.79 Å². The van der Waals surface area contributed by atoms with Gasteiger partial charge in [0.15, 0.2) is 0 Å². The van der Waals surface area contributed by atoms with Crippen LogP contribution >= 0.6 is 0 Å². The Labute approximate surface area is 101 Å². The van der Waals surface area contributed by atoms with Crippen molar-refractivity contribution in [3.05, 3.63) is 71.8 Å². The summed E-state index contributed by atoms with van der Waals surface area (Å²) < 4.78 is 4.66. The molecule has 2 rings (SSSR count). The fourth-order valence-corrected chi connectivity index (χ4v) is 1.74. The van der Waals surface area contributed by atoms with E-state index in [-0.39, 0.29) is 11.9 Å². The largest absolute Gasteiger partial charge is 0.465 e. The van der Waals surface area contributed by atoms with Crippen LogP contribution in [0, 0.1) is 0 Å². The number of ether oxygens (including phenoxy) is 1. The highest BCUT2D eigenvalue weighted by Gasteiger charge is 2.08. The first-order valence-electron chi connectivity index (χ1n) is 5.51. The summed E-state index contributed by atoms with van der Waals surface area (Å²) >= 11 is 0. The zero-order valence-electron chi connectivity index (χ0n) is 9.67. The second kappa shape index (κ2) is 5.30. The molecule has 0 aliphatic heterocycles. The number of hydrogen-bond donors (Lipinski definition) is 0. The van der Waals surface area contributed by atoms with E-state index in [2.05, 4.69) is 16.9 Å². The van der Waals surface area contributed by atoms with Crippen molar-refractivity contribution in [1.29, 1.82) is 0 Å². The summed E-state index contributed by atoms with van der Waals surface area (Å²) in [7, 11) is 1.39. The number of rotatable bonds is 2. The van der Waals surface area contributed by atoms with Gasteiger partial charge >= 0.3 is 5.97 Å². The monoisotopic (exact) mass is 226 g/mol. The van der Waals surface area contributed by atoms with Gasteiger partial charge in [0.1, 0.15) is 0 Å². The molecule has 0 saturated heterocycles. The Morgan fingerprint density at radius 1 is 1.00 bits per heavy atom. The van der Waals surface area contributed by atoms with E-state index < -0.39 is 0 Å². The molecule has 2 nitrogen and oxygen atoms in total. The van der Waals surface area contributed by atoms with Crippen LogP contribution in [0.15, 0.2) is 60.7 Å². The maximum absolute atomic E-state index is 11.3. The number of esters is 1. The van der Waals surface area contributed by atoms with Gasteiger partial charge in [0.25, 0.3) is 0 Å². The molecule has 0 saturated carbocycles. The summed E-state index contributed by atoms with van der Waals surface area (Å²) in [5, 5.41) is 0. The first kappa shape index (κ1) is 11.4. The highest BCUT2D eigenvalue weighted by molar-refractivity contribution is 5.89. The number of methoxy groups -OCH3 is 1. The minimum Gasteiger partial charge on any atom is -0.465 e. The molecule has 0 radical (unpaired) electrons. The summed E-state index contributed by atoms with van der Waals surface area (Å²) in [5.41, 5.74) is 1.74. The van der Waals surface area contributed by atoms with E-state index >= 15 is 0 Å².